The van der Waals surface area contributed by atoms with Crippen molar-refractivity contribution in [1.82, 2.24) is 4.90 Å². The molecule has 1 aliphatic heterocycles. The zero-order valence-electron chi connectivity index (χ0n) is 17.4. The average molecular weight is 461 g/mol. The zero-order valence-corrected chi connectivity index (χ0v) is 19.0. The molecule has 0 aliphatic carbocycles. The number of thioether (sulfide) groups is 1. The van der Waals surface area contributed by atoms with Crippen LogP contribution in [0.4, 0.5) is 10.5 Å². The van der Waals surface area contributed by atoms with Crippen LogP contribution < -0.4 is 14.8 Å². The van der Waals surface area contributed by atoms with E-state index in [1.54, 1.807) is 18.2 Å². The molecule has 9 heteroatoms. The predicted octanol–water partition coefficient (Wildman–Crippen LogP) is 4.65. The molecule has 0 spiro atoms. The summed E-state index contributed by atoms with van der Waals surface area (Å²) >= 11 is 7.02. The van der Waals surface area contributed by atoms with Gasteiger partial charge in [-0.15, -0.1) is 0 Å². The molecule has 0 radical (unpaired) electrons. The molecule has 0 aromatic heterocycles. The highest BCUT2D eigenvalue weighted by Gasteiger charge is 2.36. The van der Waals surface area contributed by atoms with Crippen LogP contribution in [-0.4, -0.2) is 42.7 Å². The van der Waals surface area contributed by atoms with E-state index in [9.17, 15) is 14.4 Å². The van der Waals surface area contributed by atoms with Gasteiger partial charge in [-0.25, -0.2) is 0 Å². The van der Waals surface area contributed by atoms with E-state index in [0.29, 0.717) is 27.8 Å². The smallest absolute Gasteiger partial charge is 0.294 e. The maximum absolute atomic E-state index is 12.7. The van der Waals surface area contributed by atoms with Crippen molar-refractivity contribution in [2.75, 3.05) is 26.1 Å². The molecule has 3 rings (SSSR count). The molecule has 1 fully saturated rings. The van der Waals surface area contributed by atoms with Gasteiger partial charge in [0.25, 0.3) is 11.1 Å². The van der Waals surface area contributed by atoms with Crippen molar-refractivity contribution in [3.63, 3.8) is 0 Å². The third-order valence-electron chi connectivity index (χ3n) is 4.76. The fraction of sp³-hybridized carbons (Fsp3) is 0.227. The summed E-state index contributed by atoms with van der Waals surface area (Å²) in [4.78, 5) is 38.5. The van der Waals surface area contributed by atoms with E-state index < -0.39 is 17.1 Å². The van der Waals surface area contributed by atoms with E-state index in [2.05, 4.69) is 5.32 Å². The minimum atomic E-state index is -0.559. The predicted molar refractivity (Wildman–Crippen MR) is 122 cm³/mol. The van der Waals surface area contributed by atoms with Crippen molar-refractivity contribution in [2.45, 2.75) is 13.8 Å². The largest absolute Gasteiger partial charge is 0.493 e. The third-order valence-corrected chi connectivity index (χ3v) is 5.99. The summed E-state index contributed by atoms with van der Waals surface area (Å²) in [6.07, 6.45) is 1.50. The number of benzene rings is 2. The number of carbonyl (C=O) groups excluding carboxylic acids is 3. The molecule has 162 valence electrons. The second kappa shape index (κ2) is 9.45. The first kappa shape index (κ1) is 22.7. The summed E-state index contributed by atoms with van der Waals surface area (Å²) in [5.74, 6) is -0.141. The number of rotatable bonds is 6. The quantitative estimate of drug-likeness (QED) is 0.631. The Labute approximate surface area is 189 Å². The van der Waals surface area contributed by atoms with Crippen molar-refractivity contribution in [1.29, 1.82) is 0 Å². The number of aryl methyl sites for hydroxylation is 2. The number of methoxy groups -OCH3 is 2. The zero-order chi connectivity index (χ0) is 22.7. The van der Waals surface area contributed by atoms with Crippen molar-refractivity contribution in [3.8, 4) is 11.5 Å². The number of nitrogens with zero attached hydrogens (tertiary/aromatic N) is 1. The third kappa shape index (κ3) is 5.03. The monoisotopic (exact) mass is 460 g/mol. The number of amides is 3. The molecular formula is C22H21ClN2O5S. The minimum Gasteiger partial charge on any atom is -0.493 e. The lowest BCUT2D eigenvalue weighted by molar-refractivity contribution is -0.127. The Morgan fingerprint density at radius 1 is 1.10 bits per heavy atom. The molecular weight excluding hydrogens is 440 g/mol. The standard InChI is InChI=1S/C22H21ClN2O5S/c1-12-5-6-15(7-13(12)2)24-20(26)11-25-21(27)19(31-22(25)28)9-14-8-17(29-3)18(30-4)10-16(14)23/h5-10H,11H2,1-4H3,(H,24,26)/b19-9+. The number of imide groups is 1. The van der Waals surface area contributed by atoms with Crippen molar-refractivity contribution < 1.29 is 23.9 Å². The van der Waals surface area contributed by atoms with Gasteiger partial charge < -0.3 is 14.8 Å². The molecule has 2 aromatic carbocycles. The summed E-state index contributed by atoms with van der Waals surface area (Å²) in [6, 6.07) is 8.67. The van der Waals surface area contributed by atoms with Gasteiger partial charge in [0, 0.05) is 11.8 Å². The van der Waals surface area contributed by atoms with Crippen LogP contribution in [0.25, 0.3) is 6.08 Å². The van der Waals surface area contributed by atoms with Gasteiger partial charge in [0.2, 0.25) is 5.91 Å². The molecule has 0 unspecified atom stereocenters. The van der Waals surface area contributed by atoms with Gasteiger partial charge in [0.15, 0.2) is 11.5 Å². The van der Waals surface area contributed by atoms with Gasteiger partial charge in [-0.2, -0.15) is 0 Å². The number of hydrogen-bond acceptors (Lipinski definition) is 6. The molecule has 31 heavy (non-hydrogen) atoms. The molecule has 1 N–H and O–H groups in total. The minimum absolute atomic E-state index is 0.165. The van der Waals surface area contributed by atoms with Crippen molar-refractivity contribution in [3.05, 3.63) is 56.9 Å². The van der Waals surface area contributed by atoms with E-state index in [1.165, 1.54) is 20.3 Å². The second-order valence-electron chi connectivity index (χ2n) is 6.84. The highest BCUT2D eigenvalue weighted by atomic mass is 35.5. The Hall–Kier alpha value is -2.97. The fourth-order valence-electron chi connectivity index (χ4n) is 2.92. The molecule has 0 atom stereocenters. The first-order valence-corrected chi connectivity index (χ1v) is 10.5. The molecule has 7 nitrogen and oxygen atoms in total. The summed E-state index contributed by atoms with van der Waals surface area (Å²) in [6.45, 7) is 3.53. The number of anilines is 1. The molecule has 0 bridgehead atoms. The molecule has 1 aliphatic rings. The molecule has 1 heterocycles. The van der Waals surface area contributed by atoms with Crippen LogP contribution in [-0.2, 0) is 9.59 Å². The van der Waals surface area contributed by atoms with Gasteiger partial charge in [0.05, 0.1) is 24.1 Å². The number of carbonyl (C=O) groups is 3. The van der Waals surface area contributed by atoms with Crippen molar-refractivity contribution in [2.24, 2.45) is 0 Å². The Balaban J connectivity index is 1.76. The van der Waals surface area contributed by atoms with Gasteiger partial charge in [-0.1, -0.05) is 17.7 Å². The molecule has 0 saturated carbocycles. The summed E-state index contributed by atoms with van der Waals surface area (Å²) < 4.78 is 10.5. The maximum Gasteiger partial charge on any atom is 0.294 e. The van der Waals surface area contributed by atoms with E-state index >= 15 is 0 Å². The Kier molecular flexibility index (Phi) is 6.92. The van der Waals surface area contributed by atoms with Crippen LogP contribution in [0.1, 0.15) is 16.7 Å². The lowest BCUT2D eigenvalue weighted by Gasteiger charge is -2.13. The highest BCUT2D eigenvalue weighted by Crippen LogP contribution is 2.37. The first-order valence-electron chi connectivity index (χ1n) is 9.27. The Morgan fingerprint density at radius 2 is 1.77 bits per heavy atom. The fourth-order valence-corrected chi connectivity index (χ4v) is 3.96. The number of ether oxygens (including phenoxy) is 2. The molecule has 1 saturated heterocycles. The summed E-state index contributed by atoms with van der Waals surface area (Å²) in [5, 5.41) is 2.52. The second-order valence-corrected chi connectivity index (χ2v) is 8.24. The lowest BCUT2D eigenvalue weighted by Crippen LogP contribution is -2.36. The van der Waals surface area contributed by atoms with Gasteiger partial charge >= 0.3 is 0 Å². The van der Waals surface area contributed by atoms with E-state index in [-0.39, 0.29) is 11.4 Å². The summed E-state index contributed by atoms with van der Waals surface area (Å²) in [5.41, 5.74) is 3.22. The van der Waals surface area contributed by atoms with E-state index in [4.69, 9.17) is 21.1 Å². The van der Waals surface area contributed by atoms with E-state index in [0.717, 1.165) is 27.8 Å². The van der Waals surface area contributed by atoms with Crippen LogP contribution in [0, 0.1) is 13.8 Å². The summed E-state index contributed by atoms with van der Waals surface area (Å²) in [7, 11) is 2.97. The van der Waals surface area contributed by atoms with Crippen LogP contribution in [0.3, 0.4) is 0 Å². The van der Waals surface area contributed by atoms with Crippen LogP contribution in [0.5, 0.6) is 11.5 Å². The van der Waals surface area contributed by atoms with Gasteiger partial charge in [0.1, 0.15) is 6.54 Å². The van der Waals surface area contributed by atoms with Gasteiger partial charge in [-0.05, 0) is 66.6 Å². The van der Waals surface area contributed by atoms with Crippen LogP contribution in [0.15, 0.2) is 35.2 Å². The number of nitrogens with one attached hydrogen (secondary N) is 1. The highest BCUT2D eigenvalue weighted by molar-refractivity contribution is 8.18. The maximum atomic E-state index is 12.7. The number of hydrogen-bond donors (Lipinski definition) is 1. The lowest BCUT2D eigenvalue weighted by atomic mass is 10.1. The van der Waals surface area contributed by atoms with Crippen LogP contribution >= 0.6 is 23.4 Å². The number of halogens is 1. The molecule has 3 amide bonds. The first-order chi connectivity index (χ1) is 14.7. The van der Waals surface area contributed by atoms with Crippen molar-refractivity contribution >= 4 is 52.2 Å². The van der Waals surface area contributed by atoms with Crippen LogP contribution in [0.2, 0.25) is 5.02 Å². The average Bonchev–Trinajstić information content (AvgIpc) is 2.99. The topological polar surface area (TPSA) is 84.9 Å². The van der Waals surface area contributed by atoms with Gasteiger partial charge in [-0.3, -0.25) is 19.3 Å². The Morgan fingerprint density at radius 3 is 2.42 bits per heavy atom. The Bertz CT molecular complexity index is 1100. The van der Waals surface area contributed by atoms with E-state index in [1.807, 2.05) is 26.0 Å². The molecule has 2 aromatic rings. The SMILES string of the molecule is COc1cc(Cl)c(/C=C2/SC(=O)N(CC(=O)Nc3ccc(C)c(C)c3)C2=O)cc1OC. The normalized spacial score (nSPS) is 14.9.